The summed E-state index contributed by atoms with van der Waals surface area (Å²) in [7, 11) is 1.32. The van der Waals surface area contributed by atoms with Crippen LogP contribution in [-0.4, -0.2) is 30.8 Å². The van der Waals surface area contributed by atoms with Crippen molar-refractivity contribution in [2.45, 2.75) is 19.6 Å². The van der Waals surface area contributed by atoms with E-state index in [9.17, 15) is 14.4 Å². The van der Waals surface area contributed by atoms with E-state index in [-0.39, 0.29) is 5.57 Å². The molecule has 1 N–H and O–H groups in total. The summed E-state index contributed by atoms with van der Waals surface area (Å²) >= 11 is 0. The van der Waals surface area contributed by atoms with E-state index in [1.807, 2.05) is 18.2 Å². The number of nitrogens with one attached hydrogen (secondary N) is 1. The van der Waals surface area contributed by atoms with E-state index in [0.29, 0.717) is 11.3 Å². The largest absolute Gasteiger partial charge is 0.465 e. The fraction of sp³-hybridized carbons (Fsp3) is 0.190. The molecular formula is C21H19NO6. The number of carbonyl (C=O) groups is 3. The van der Waals surface area contributed by atoms with Crippen molar-refractivity contribution in [1.82, 2.24) is 0 Å². The van der Waals surface area contributed by atoms with Gasteiger partial charge in [0, 0.05) is 31.3 Å². The molecule has 1 aliphatic heterocycles. The molecule has 0 radical (unpaired) electrons. The normalized spacial score (nSPS) is 15.3. The van der Waals surface area contributed by atoms with Gasteiger partial charge in [0.1, 0.15) is 0 Å². The van der Waals surface area contributed by atoms with Crippen molar-refractivity contribution in [3.8, 4) is 11.1 Å². The summed E-state index contributed by atoms with van der Waals surface area (Å²) in [6, 6.07) is 14.2. The number of esters is 3. The number of hydrogen-bond acceptors (Lipinski definition) is 7. The minimum atomic E-state index is -1.29. The summed E-state index contributed by atoms with van der Waals surface area (Å²) in [6.45, 7) is 2.97. The molecule has 1 heterocycles. The summed E-state index contributed by atoms with van der Waals surface area (Å²) in [5.41, 5.74) is 2.33. The van der Waals surface area contributed by atoms with Crippen LogP contribution in [0.3, 0.4) is 0 Å². The van der Waals surface area contributed by atoms with Crippen molar-refractivity contribution in [2.75, 3.05) is 12.4 Å². The Hall–Kier alpha value is -3.61. The van der Waals surface area contributed by atoms with Gasteiger partial charge in [0.2, 0.25) is 0 Å². The molecule has 1 aliphatic rings. The maximum Gasteiger partial charge on any atom is 0.350 e. The van der Waals surface area contributed by atoms with Crippen LogP contribution >= 0.6 is 0 Å². The minimum Gasteiger partial charge on any atom is -0.465 e. The number of anilines is 1. The van der Waals surface area contributed by atoms with Gasteiger partial charge in [-0.05, 0) is 23.8 Å². The quantitative estimate of drug-likeness (QED) is 0.494. The van der Waals surface area contributed by atoms with Gasteiger partial charge in [-0.2, -0.15) is 0 Å². The molecule has 2 aromatic carbocycles. The third kappa shape index (κ3) is 4.03. The highest BCUT2D eigenvalue weighted by molar-refractivity contribution is 6.15. The number of para-hydroxylation sites is 1. The summed E-state index contributed by atoms with van der Waals surface area (Å²) in [4.78, 5) is 35.9. The summed E-state index contributed by atoms with van der Waals surface area (Å²) < 4.78 is 14.9. The van der Waals surface area contributed by atoms with Crippen molar-refractivity contribution in [1.29, 1.82) is 0 Å². The van der Waals surface area contributed by atoms with Gasteiger partial charge in [-0.1, -0.05) is 30.3 Å². The highest BCUT2D eigenvalue weighted by Crippen LogP contribution is 2.29. The van der Waals surface area contributed by atoms with Gasteiger partial charge in [0.15, 0.2) is 5.57 Å². The highest BCUT2D eigenvalue weighted by Gasteiger charge is 2.38. The van der Waals surface area contributed by atoms with E-state index < -0.39 is 23.7 Å². The molecule has 28 heavy (non-hydrogen) atoms. The van der Waals surface area contributed by atoms with Crippen molar-refractivity contribution >= 4 is 23.6 Å². The lowest BCUT2D eigenvalue weighted by Crippen LogP contribution is -2.42. The lowest BCUT2D eigenvalue weighted by atomic mass is 10.0. The molecule has 0 atom stereocenters. The Labute approximate surface area is 161 Å². The van der Waals surface area contributed by atoms with Crippen molar-refractivity contribution < 1.29 is 28.6 Å². The number of rotatable bonds is 4. The van der Waals surface area contributed by atoms with Crippen molar-refractivity contribution in [2.24, 2.45) is 0 Å². The summed E-state index contributed by atoms with van der Waals surface area (Å²) in [5.74, 6) is -3.26. The van der Waals surface area contributed by atoms with Gasteiger partial charge in [0.05, 0.1) is 12.7 Å². The van der Waals surface area contributed by atoms with E-state index in [4.69, 9.17) is 14.2 Å². The fourth-order valence-electron chi connectivity index (χ4n) is 2.72. The second-order valence-corrected chi connectivity index (χ2v) is 6.50. The maximum absolute atomic E-state index is 12.1. The first-order valence-electron chi connectivity index (χ1n) is 8.52. The zero-order valence-electron chi connectivity index (χ0n) is 15.6. The Morgan fingerprint density at radius 2 is 1.71 bits per heavy atom. The third-order valence-electron chi connectivity index (χ3n) is 4.01. The molecule has 144 valence electrons. The SMILES string of the molecule is COC(=O)c1cccc(-c2ccccc2NC=C2C(=O)OC(C)(C)OC2=O)c1. The Morgan fingerprint density at radius 1 is 1.04 bits per heavy atom. The first-order chi connectivity index (χ1) is 13.3. The fourth-order valence-corrected chi connectivity index (χ4v) is 2.72. The van der Waals surface area contributed by atoms with Crippen LogP contribution in [0.2, 0.25) is 0 Å². The first kappa shape index (κ1) is 19.2. The average Bonchev–Trinajstić information content (AvgIpc) is 2.66. The molecule has 0 bridgehead atoms. The van der Waals surface area contributed by atoms with Crippen LogP contribution in [0.1, 0.15) is 24.2 Å². The Bertz CT molecular complexity index is 954. The predicted molar refractivity (Wildman–Crippen MR) is 101 cm³/mol. The number of ether oxygens (including phenoxy) is 3. The number of carbonyl (C=O) groups excluding carboxylic acids is 3. The van der Waals surface area contributed by atoms with Crippen molar-refractivity contribution in [3.63, 3.8) is 0 Å². The lowest BCUT2D eigenvalue weighted by molar-refractivity contribution is -0.222. The van der Waals surface area contributed by atoms with Gasteiger partial charge in [-0.15, -0.1) is 0 Å². The van der Waals surface area contributed by atoms with Crippen molar-refractivity contribution in [3.05, 3.63) is 65.9 Å². The monoisotopic (exact) mass is 381 g/mol. The van der Waals surface area contributed by atoms with Crippen LogP contribution in [0.4, 0.5) is 5.69 Å². The molecule has 0 saturated carbocycles. The van der Waals surface area contributed by atoms with E-state index in [2.05, 4.69) is 5.32 Å². The Kier molecular flexibility index (Phi) is 5.17. The zero-order valence-corrected chi connectivity index (χ0v) is 15.6. The van der Waals surface area contributed by atoms with Crippen LogP contribution in [0.25, 0.3) is 11.1 Å². The maximum atomic E-state index is 12.1. The molecule has 3 rings (SSSR count). The van der Waals surface area contributed by atoms with Gasteiger partial charge in [-0.25, -0.2) is 14.4 Å². The van der Waals surface area contributed by atoms with Crippen LogP contribution in [0.5, 0.6) is 0 Å². The summed E-state index contributed by atoms with van der Waals surface area (Å²) in [5, 5.41) is 2.95. The second kappa shape index (κ2) is 7.56. The summed E-state index contributed by atoms with van der Waals surface area (Å²) in [6.07, 6.45) is 1.25. The van der Waals surface area contributed by atoms with Crippen LogP contribution in [-0.2, 0) is 23.8 Å². The molecule has 0 spiro atoms. The second-order valence-electron chi connectivity index (χ2n) is 6.50. The molecule has 0 amide bonds. The Balaban J connectivity index is 1.91. The zero-order chi connectivity index (χ0) is 20.3. The van der Waals surface area contributed by atoms with Crippen LogP contribution in [0.15, 0.2) is 60.3 Å². The van der Waals surface area contributed by atoms with E-state index in [1.54, 1.807) is 30.3 Å². The predicted octanol–water partition coefficient (Wildman–Crippen LogP) is 3.27. The molecule has 1 saturated heterocycles. The lowest BCUT2D eigenvalue weighted by Gasteiger charge is -2.29. The molecule has 7 heteroatoms. The number of benzene rings is 2. The van der Waals surface area contributed by atoms with Gasteiger partial charge in [0.25, 0.3) is 5.79 Å². The topological polar surface area (TPSA) is 90.9 Å². The van der Waals surface area contributed by atoms with Crippen LogP contribution in [0, 0.1) is 0 Å². The van der Waals surface area contributed by atoms with Gasteiger partial charge in [-0.3, -0.25) is 0 Å². The standard InChI is InChI=1S/C21H19NO6/c1-21(2)27-19(24)16(20(25)28-21)12-22-17-10-5-4-9-15(17)13-7-6-8-14(11-13)18(23)26-3/h4-12,22H,1-3H3. The van der Waals surface area contributed by atoms with Crippen LogP contribution < -0.4 is 5.32 Å². The smallest absolute Gasteiger partial charge is 0.350 e. The minimum absolute atomic E-state index is 0.238. The third-order valence-corrected chi connectivity index (χ3v) is 4.01. The molecule has 2 aromatic rings. The first-order valence-corrected chi connectivity index (χ1v) is 8.52. The molecule has 0 aliphatic carbocycles. The van der Waals surface area contributed by atoms with E-state index in [1.165, 1.54) is 27.2 Å². The number of cyclic esters (lactones) is 2. The molecule has 0 aromatic heterocycles. The number of hydrogen-bond donors (Lipinski definition) is 1. The number of methoxy groups -OCH3 is 1. The van der Waals surface area contributed by atoms with Gasteiger partial charge < -0.3 is 19.5 Å². The Morgan fingerprint density at radius 3 is 2.39 bits per heavy atom. The van der Waals surface area contributed by atoms with E-state index in [0.717, 1.165) is 11.1 Å². The van der Waals surface area contributed by atoms with E-state index >= 15 is 0 Å². The highest BCUT2D eigenvalue weighted by atomic mass is 16.7. The molecular weight excluding hydrogens is 362 g/mol. The van der Waals surface area contributed by atoms with Gasteiger partial charge >= 0.3 is 17.9 Å². The average molecular weight is 381 g/mol. The molecule has 1 fully saturated rings. The molecule has 0 unspecified atom stereocenters. The molecule has 7 nitrogen and oxygen atoms in total.